The Bertz CT molecular complexity index is 1420. The lowest BCUT2D eigenvalue weighted by molar-refractivity contribution is -0.140. The first-order chi connectivity index (χ1) is 18.7. The SMILES string of the molecule is COc1ccc(S(=O)(=O)N(CC(=O)N(Cc2ccc(F)cc2)[C@H](C)C(=O)NC(C)(C)C)c2ccc(F)cc2)cc1. The van der Waals surface area contributed by atoms with E-state index in [1.54, 1.807) is 20.8 Å². The van der Waals surface area contributed by atoms with Gasteiger partial charge in [-0.05, 0) is 93.9 Å². The molecule has 11 heteroatoms. The van der Waals surface area contributed by atoms with Gasteiger partial charge in [0.15, 0.2) is 0 Å². The Morgan fingerprint density at radius 2 is 1.43 bits per heavy atom. The highest BCUT2D eigenvalue weighted by molar-refractivity contribution is 7.92. The van der Waals surface area contributed by atoms with Gasteiger partial charge in [0.2, 0.25) is 11.8 Å². The van der Waals surface area contributed by atoms with Gasteiger partial charge in [0.05, 0.1) is 17.7 Å². The van der Waals surface area contributed by atoms with Crippen LogP contribution in [0, 0.1) is 11.6 Å². The van der Waals surface area contributed by atoms with Crippen molar-refractivity contribution in [3.63, 3.8) is 0 Å². The first-order valence-corrected chi connectivity index (χ1v) is 13.9. The van der Waals surface area contributed by atoms with Crippen molar-refractivity contribution in [2.45, 2.75) is 50.7 Å². The maximum atomic E-state index is 13.8. The molecular weight excluding hydrogens is 540 g/mol. The molecule has 0 unspecified atom stereocenters. The second-order valence-electron chi connectivity index (χ2n) is 10.2. The van der Waals surface area contributed by atoms with Crippen molar-refractivity contribution >= 4 is 27.5 Å². The molecule has 214 valence electrons. The highest BCUT2D eigenvalue weighted by Crippen LogP contribution is 2.26. The molecule has 0 fully saturated rings. The summed E-state index contributed by atoms with van der Waals surface area (Å²) < 4.78 is 60.7. The molecule has 3 rings (SSSR count). The zero-order chi connectivity index (χ0) is 29.7. The summed E-state index contributed by atoms with van der Waals surface area (Å²) in [6.45, 7) is 6.14. The minimum Gasteiger partial charge on any atom is -0.497 e. The third-order valence-electron chi connectivity index (χ3n) is 5.97. The van der Waals surface area contributed by atoms with Crippen LogP contribution < -0.4 is 14.4 Å². The molecule has 1 N–H and O–H groups in total. The molecule has 0 radical (unpaired) electrons. The molecule has 3 aromatic carbocycles. The summed E-state index contributed by atoms with van der Waals surface area (Å²) in [5.41, 5.74) is 0.00365. The summed E-state index contributed by atoms with van der Waals surface area (Å²) in [7, 11) is -2.87. The topological polar surface area (TPSA) is 96.0 Å². The van der Waals surface area contributed by atoms with E-state index in [4.69, 9.17) is 4.74 Å². The molecule has 0 heterocycles. The fourth-order valence-corrected chi connectivity index (χ4v) is 5.27. The number of carbonyl (C=O) groups is 2. The Hall–Kier alpha value is -3.99. The van der Waals surface area contributed by atoms with Crippen LogP contribution in [0.1, 0.15) is 33.3 Å². The molecule has 0 spiro atoms. The smallest absolute Gasteiger partial charge is 0.264 e. The van der Waals surface area contributed by atoms with Crippen molar-refractivity contribution in [3.05, 3.63) is 90.0 Å². The average molecular weight is 574 g/mol. The van der Waals surface area contributed by atoms with Crippen LogP contribution in [0.3, 0.4) is 0 Å². The first-order valence-electron chi connectivity index (χ1n) is 12.5. The quantitative estimate of drug-likeness (QED) is 0.385. The van der Waals surface area contributed by atoms with Crippen molar-refractivity contribution in [1.82, 2.24) is 10.2 Å². The van der Waals surface area contributed by atoms with Crippen molar-refractivity contribution in [2.75, 3.05) is 18.0 Å². The number of nitrogens with one attached hydrogen (secondary N) is 1. The Kier molecular flexibility index (Phi) is 9.52. The van der Waals surface area contributed by atoms with Crippen LogP contribution in [0.15, 0.2) is 77.7 Å². The van der Waals surface area contributed by atoms with E-state index in [0.717, 1.165) is 16.4 Å². The molecule has 1 atom stereocenters. The fourth-order valence-electron chi connectivity index (χ4n) is 3.85. The van der Waals surface area contributed by atoms with Crippen LogP contribution in [-0.2, 0) is 26.2 Å². The minimum absolute atomic E-state index is 0.0547. The van der Waals surface area contributed by atoms with E-state index in [1.807, 2.05) is 0 Å². The Morgan fingerprint density at radius 3 is 1.93 bits per heavy atom. The second-order valence-corrected chi connectivity index (χ2v) is 12.1. The predicted molar refractivity (Wildman–Crippen MR) is 148 cm³/mol. The number of nitrogens with zero attached hydrogens (tertiary/aromatic N) is 2. The summed E-state index contributed by atoms with van der Waals surface area (Å²) in [6, 6.07) is 14.7. The average Bonchev–Trinajstić information content (AvgIpc) is 2.90. The van der Waals surface area contributed by atoms with Crippen LogP contribution in [0.5, 0.6) is 5.75 Å². The summed E-state index contributed by atoms with van der Waals surface area (Å²) >= 11 is 0. The number of anilines is 1. The van der Waals surface area contributed by atoms with Crippen molar-refractivity contribution in [1.29, 1.82) is 0 Å². The summed E-state index contributed by atoms with van der Waals surface area (Å²) in [5.74, 6) is -1.75. The monoisotopic (exact) mass is 573 g/mol. The normalized spacial score (nSPS) is 12.4. The number of halogens is 2. The molecule has 40 heavy (non-hydrogen) atoms. The lowest BCUT2D eigenvalue weighted by Gasteiger charge is -2.33. The molecule has 0 saturated heterocycles. The number of carbonyl (C=O) groups excluding carboxylic acids is 2. The molecule has 0 aliphatic heterocycles. The van der Waals surface area contributed by atoms with Gasteiger partial charge in [-0.25, -0.2) is 17.2 Å². The van der Waals surface area contributed by atoms with Crippen molar-refractivity contribution < 1.29 is 31.5 Å². The van der Waals surface area contributed by atoms with Gasteiger partial charge in [0, 0.05) is 12.1 Å². The highest BCUT2D eigenvalue weighted by atomic mass is 32.2. The number of amides is 2. The van der Waals surface area contributed by atoms with E-state index in [9.17, 15) is 26.8 Å². The van der Waals surface area contributed by atoms with Gasteiger partial charge in [0.25, 0.3) is 10.0 Å². The fraction of sp³-hybridized carbons (Fsp3) is 0.310. The summed E-state index contributed by atoms with van der Waals surface area (Å²) in [5, 5.41) is 2.83. The van der Waals surface area contributed by atoms with Crippen LogP contribution >= 0.6 is 0 Å². The van der Waals surface area contributed by atoms with E-state index in [-0.39, 0.29) is 17.1 Å². The molecule has 0 aromatic heterocycles. The number of hydrogen-bond donors (Lipinski definition) is 1. The summed E-state index contributed by atoms with van der Waals surface area (Å²) in [4.78, 5) is 28.0. The third-order valence-corrected chi connectivity index (χ3v) is 7.76. The molecule has 8 nitrogen and oxygen atoms in total. The number of rotatable bonds is 10. The number of ether oxygens (including phenoxy) is 1. The first kappa shape index (κ1) is 30.6. The number of methoxy groups -OCH3 is 1. The minimum atomic E-state index is -4.32. The lowest BCUT2D eigenvalue weighted by atomic mass is 10.1. The molecule has 0 saturated carbocycles. The van der Waals surface area contributed by atoms with E-state index in [2.05, 4.69) is 5.32 Å². The number of benzene rings is 3. The lowest BCUT2D eigenvalue weighted by Crippen LogP contribution is -2.54. The van der Waals surface area contributed by atoms with E-state index < -0.39 is 51.6 Å². The Morgan fingerprint density at radius 1 is 0.900 bits per heavy atom. The molecule has 0 aliphatic carbocycles. The van der Waals surface area contributed by atoms with Crippen LogP contribution in [-0.4, -0.2) is 50.4 Å². The Balaban J connectivity index is 2.03. The van der Waals surface area contributed by atoms with Gasteiger partial charge >= 0.3 is 0 Å². The van der Waals surface area contributed by atoms with E-state index in [1.165, 1.54) is 79.6 Å². The van der Waals surface area contributed by atoms with Gasteiger partial charge in [-0.1, -0.05) is 12.1 Å². The molecule has 0 bridgehead atoms. The predicted octanol–water partition coefficient (Wildman–Crippen LogP) is 4.50. The number of sulfonamides is 1. The second kappa shape index (κ2) is 12.5. The molecular formula is C29H33F2N3O5S. The maximum Gasteiger partial charge on any atom is 0.264 e. The van der Waals surface area contributed by atoms with Gasteiger partial charge in [0.1, 0.15) is 30.0 Å². The van der Waals surface area contributed by atoms with E-state index in [0.29, 0.717) is 11.3 Å². The van der Waals surface area contributed by atoms with Gasteiger partial charge < -0.3 is 15.0 Å². The number of hydrogen-bond acceptors (Lipinski definition) is 5. The largest absolute Gasteiger partial charge is 0.497 e. The standard InChI is InChI=1S/C29H33F2N3O5S/c1-20(28(36)32-29(2,3)4)33(18-21-6-8-22(30)9-7-21)27(35)19-34(24-12-10-23(31)11-13-24)40(37,38)26-16-14-25(39-5)15-17-26/h6-17,20H,18-19H2,1-5H3,(H,32,36)/t20-/m1/s1. The van der Waals surface area contributed by atoms with Crippen LogP contribution in [0.2, 0.25) is 0 Å². The van der Waals surface area contributed by atoms with Crippen LogP contribution in [0.25, 0.3) is 0 Å². The zero-order valence-electron chi connectivity index (χ0n) is 23.0. The molecule has 3 aromatic rings. The highest BCUT2D eigenvalue weighted by Gasteiger charge is 2.33. The Labute approximate surface area is 233 Å². The third kappa shape index (κ3) is 7.78. The molecule has 2 amide bonds. The summed E-state index contributed by atoms with van der Waals surface area (Å²) in [6.07, 6.45) is 0. The van der Waals surface area contributed by atoms with Gasteiger partial charge in [-0.15, -0.1) is 0 Å². The van der Waals surface area contributed by atoms with Crippen LogP contribution in [0.4, 0.5) is 14.5 Å². The molecule has 0 aliphatic rings. The van der Waals surface area contributed by atoms with Crippen molar-refractivity contribution in [2.24, 2.45) is 0 Å². The maximum absolute atomic E-state index is 13.8. The van der Waals surface area contributed by atoms with Crippen molar-refractivity contribution in [3.8, 4) is 5.75 Å². The van der Waals surface area contributed by atoms with Gasteiger partial charge in [-0.2, -0.15) is 0 Å². The zero-order valence-corrected chi connectivity index (χ0v) is 23.8. The van der Waals surface area contributed by atoms with Gasteiger partial charge in [-0.3, -0.25) is 13.9 Å². The van der Waals surface area contributed by atoms with E-state index >= 15 is 0 Å².